The van der Waals surface area contributed by atoms with Crippen LogP contribution < -0.4 is 5.43 Å². The van der Waals surface area contributed by atoms with Crippen LogP contribution in [-0.4, -0.2) is 29.3 Å². The second-order valence-electron chi connectivity index (χ2n) is 4.15. The molecule has 2 rings (SSSR count). The fourth-order valence-corrected chi connectivity index (χ4v) is 2.00. The number of hydrogen-bond acceptors (Lipinski definition) is 3. The van der Waals surface area contributed by atoms with Gasteiger partial charge in [0.2, 0.25) is 5.91 Å². The van der Waals surface area contributed by atoms with Gasteiger partial charge in [-0.1, -0.05) is 0 Å². The average Bonchev–Trinajstić information content (AvgIpc) is 2.82. The molecule has 0 aromatic rings. The molecule has 2 fully saturated rings. The Morgan fingerprint density at radius 2 is 2.38 bits per heavy atom. The molecule has 0 aromatic heterocycles. The van der Waals surface area contributed by atoms with Crippen LogP contribution in [0.3, 0.4) is 0 Å². The van der Waals surface area contributed by atoms with E-state index in [4.69, 9.17) is 0 Å². The smallest absolute Gasteiger partial charge is 0.239 e. The normalized spacial score (nSPS) is 33.9. The van der Waals surface area contributed by atoms with Crippen molar-refractivity contribution in [3.8, 4) is 0 Å². The second kappa shape index (κ2) is 2.80. The van der Waals surface area contributed by atoms with Gasteiger partial charge >= 0.3 is 0 Å². The molecule has 1 aliphatic carbocycles. The van der Waals surface area contributed by atoms with Gasteiger partial charge in [0.15, 0.2) is 0 Å². The molecule has 1 saturated carbocycles. The number of carbonyl (C=O) groups is 2. The molecule has 13 heavy (non-hydrogen) atoms. The highest BCUT2D eigenvalue weighted by Gasteiger charge is 2.48. The lowest BCUT2D eigenvalue weighted by atomic mass is 9.94. The third-order valence-corrected chi connectivity index (χ3v) is 2.95. The molecule has 4 nitrogen and oxygen atoms in total. The molecule has 1 atom stereocenters. The van der Waals surface area contributed by atoms with Crippen LogP contribution in [0.1, 0.15) is 26.2 Å². The highest BCUT2D eigenvalue weighted by Crippen LogP contribution is 2.43. The third kappa shape index (κ3) is 1.46. The van der Waals surface area contributed by atoms with E-state index in [0.717, 1.165) is 6.29 Å². The lowest BCUT2D eigenvalue weighted by Crippen LogP contribution is -2.46. The summed E-state index contributed by atoms with van der Waals surface area (Å²) in [4.78, 5) is 21.7. The van der Waals surface area contributed by atoms with Crippen LogP contribution in [0.4, 0.5) is 0 Å². The quantitative estimate of drug-likeness (QED) is 0.629. The zero-order valence-electron chi connectivity index (χ0n) is 7.75. The van der Waals surface area contributed by atoms with Crippen LogP contribution >= 0.6 is 0 Å². The van der Waals surface area contributed by atoms with Gasteiger partial charge in [0, 0.05) is 12.0 Å². The van der Waals surface area contributed by atoms with Crippen molar-refractivity contribution >= 4 is 12.2 Å². The summed E-state index contributed by atoms with van der Waals surface area (Å²) in [5.74, 6) is 0.662. The monoisotopic (exact) mass is 182 g/mol. The van der Waals surface area contributed by atoms with E-state index in [2.05, 4.69) is 12.3 Å². The summed E-state index contributed by atoms with van der Waals surface area (Å²) in [6.45, 7) is 2.23. The minimum absolute atomic E-state index is 0.0431. The Morgan fingerprint density at radius 1 is 1.69 bits per heavy atom. The number of hydrazine groups is 1. The van der Waals surface area contributed by atoms with E-state index in [1.165, 1.54) is 17.9 Å². The van der Waals surface area contributed by atoms with Crippen LogP contribution in [0.5, 0.6) is 0 Å². The first kappa shape index (κ1) is 8.69. The first-order valence-corrected chi connectivity index (χ1v) is 4.67. The van der Waals surface area contributed by atoms with Crippen LogP contribution in [-0.2, 0) is 9.59 Å². The van der Waals surface area contributed by atoms with Gasteiger partial charge in [-0.15, -0.1) is 0 Å². The summed E-state index contributed by atoms with van der Waals surface area (Å²) in [5, 5.41) is 1.44. The average molecular weight is 182 g/mol. The van der Waals surface area contributed by atoms with Crippen molar-refractivity contribution in [1.29, 1.82) is 0 Å². The van der Waals surface area contributed by atoms with Gasteiger partial charge < -0.3 is 4.79 Å². The molecule has 1 saturated heterocycles. The van der Waals surface area contributed by atoms with E-state index in [0.29, 0.717) is 12.3 Å². The molecule has 1 amide bonds. The Kier molecular flexibility index (Phi) is 1.87. The highest BCUT2D eigenvalue weighted by molar-refractivity contribution is 5.81. The number of amides is 1. The summed E-state index contributed by atoms with van der Waals surface area (Å²) >= 11 is 0. The summed E-state index contributed by atoms with van der Waals surface area (Å²) in [6, 6.07) is 0. The molecule has 0 aromatic carbocycles. The van der Waals surface area contributed by atoms with Gasteiger partial charge in [-0.25, -0.2) is 5.43 Å². The maximum atomic E-state index is 11.4. The number of carbonyl (C=O) groups excluding carboxylic acids is 2. The number of nitrogens with one attached hydrogen (secondary N) is 1. The summed E-state index contributed by atoms with van der Waals surface area (Å²) in [7, 11) is 0. The first-order valence-electron chi connectivity index (χ1n) is 4.67. The van der Waals surface area contributed by atoms with Gasteiger partial charge in [0.25, 0.3) is 0 Å². The number of nitrogens with zero attached hydrogens (tertiary/aromatic N) is 1. The standard InChI is InChI=1S/C9H14N2O2/c1-9(7-2-3-7)6-8(13)11(10-9)4-5-12/h5,7,10H,2-4,6H2,1H3. The topological polar surface area (TPSA) is 49.4 Å². The molecule has 72 valence electrons. The zero-order chi connectivity index (χ0) is 9.47. The fraction of sp³-hybridized carbons (Fsp3) is 0.778. The molecule has 1 N–H and O–H groups in total. The molecular formula is C9H14N2O2. The number of rotatable bonds is 3. The van der Waals surface area contributed by atoms with Gasteiger partial charge in [-0.2, -0.15) is 0 Å². The summed E-state index contributed by atoms with van der Waals surface area (Å²) in [6.07, 6.45) is 3.69. The van der Waals surface area contributed by atoms with Gasteiger partial charge in [0.1, 0.15) is 6.29 Å². The molecule has 1 heterocycles. The van der Waals surface area contributed by atoms with Crippen molar-refractivity contribution in [3.05, 3.63) is 0 Å². The largest absolute Gasteiger partial charge is 0.301 e. The third-order valence-electron chi connectivity index (χ3n) is 2.95. The molecule has 0 spiro atoms. The molecular weight excluding hydrogens is 168 g/mol. The lowest BCUT2D eigenvalue weighted by Gasteiger charge is -2.24. The zero-order valence-corrected chi connectivity index (χ0v) is 7.75. The van der Waals surface area contributed by atoms with E-state index in [1.54, 1.807) is 0 Å². The molecule has 4 heteroatoms. The minimum Gasteiger partial charge on any atom is -0.301 e. The van der Waals surface area contributed by atoms with Crippen molar-refractivity contribution in [2.75, 3.05) is 6.54 Å². The van der Waals surface area contributed by atoms with E-state index >= 15 is 0 Å². The predicted octanol–water partition coefficient (Wildman–Crippen LogP) is 0.0909. The second-order valence-corrected chi connectivity index (χ2v) is 4.15. The Bertz CT molecular complexity index is 250. The van der Waals surface area contributed by atoms with Crippen molar-refractivity contribution in [3.63, 3.8) is 0 Å². The summed E-state index contributed by atoms with van der Waals surface area (Å²) in [5.41, 5.74) is 3.05. The van der Waals surface area contributed by atoms with Crippen molar-refractivity contribution in [2.24, 2.45) is 5.92 Å². The molecule has 2 aliphatic rings. The van der Waals surface area contributed by atoms with Crippen LogP contribution in [0, 0.1) is 5.92 Å². The van der Waals surface area contributed by atoms with Gasteiger partial charge in [0.05, 0.1) is 6.54 Å². The highest BCUT2D eigenvalue weighted by atomic mass is 16.2. The SMILES string of the molecule is CC1(C2CC2)CC(=O)N(CC=O)N1. The van der Waals surface area contributed by atoms with E-state index in [1.807, 2.05) is 0 Å². The predicted molar refractivity (Wildman–Crippen MR) is 46.7 cm³/mol. The minimum atomic E-state index is -0.0832. The maximum absolute atomic E-state index is 11.4. The molecule has 0 bridgehead atoms. The van der Waals surface area contributed by atoms with E-state index in [9.17, 15) is 9.59 Å². The Morgan fingerprint density at radius 3 is 2.92 bits per heavy atom. The van der Waals surface area contributed by atoms with Crippen molar-refractivity contribution < 1.29 is 9.59 Å². The first-order chi connectivity index (χ1) is 6.15. The number of aldehydes is 1. The summed E-state index contributed by atoms with van der Waals surface area (Å²) < 4.78 is 0. The van der Waals surface area contributed by atoms with Crippen molar-refractivity contribution in [1.82, 2.24) is 10.4 Å². The maximum Gasteiger partial charge on any atom is 0.239 e. The molecule has 1 unspecified atom stereocenters. The van der Waals surface area contributed by atoms with Crippen LogP contribution in [0.25, 0.3) is 0 Å². The number of hydrogen-bond donors (Lipinski definition) is 1. The lowest BCUT2D eigenvalue weighted by molar-refractivity contribution is -0.131. The van der Waals surface area contributed by atoms with E-state index in [-0.39, 0.29) is 18.0 Å². The van der Waals surface area contributed by atoms with Crippen molar-refractivity contribution in [2.45, 2.75) is 31.7 Å². The van der Waals surface area contributed by atoms with Gasteiger partial charge in [-0.05, 0) is 25.7 Å². The molecule has 1 aliphatic heterocycles. The Hall–Kier alpha value is -0.900. The van der Waals surface area contributed by atoms with Crippen LogP contribution in [0.15, 0.2) is 0 Å². The molecule has 0 radical (unpaired) electrons. The Labute approximate surface area is 77.3 Å². The Balaban J connectivity index is 2.04. The fourth-order valence-electron chi connectivity index (χ4n) is 2.00. The van der Waals surface area contributed by atoms with E-state index < -0.39 is 0 Å². The van der Waals surface area contributed by atoms with Crippen LogP contribution in [0.2, 0.25) is 0 Å². The van der Waals surface area contributed by atoms with Gasteiger partial charge in [-0.3, -0.25) is 9.80 Å².